The molecule has 1 N–H and O–H groups in total. The lowest BCUT2D eigenvalue weighted by atomic mass is 9.93. The summed E-state index contributed by atoms with van der Waals surface area (Å²) in [6.45, 7) is 3.19. The molecule has 1 aliphatic rings. The van der Waals surface area contributed by atoms with E-state index in [1.165, 1.54) is 0 Å². The molecular weight excluding hydrogens is 344 g/mol. The van der Waals surface area contributed by atoms with Gasteiger partial charge in [-0.2, -0.15) is 0 Å². The predicted octanol–water partition coefficient (Wildman–Crippen LogP) is 3.80. The zero-order valence-electron chi connectivity index (χ0n) is 11.1. The van der Waals surface area contributed by atoms with Crippen molar-refractivity contribution in [2.75, 3.05) is 13.1 Å². The largest absolute Gasteiger partial charge is 0.411 e. The molecule has 0 spiro atoms. The van der Waals surface area contributed by atoms with Crippen molar-refractivity contribution in [3.63, 3.8) is 0 Å². The molecule has 1 amide bonds. The van der Waals surface area contributed by atoms with Crippen LogP contribution in [0.4, 0.5) is 0 Å². The molecule has 0 aromatic heterocycles. The van der Waals surface area contributed by atoms with E-state index in [0.717, 1.165) is 16.6 Å². The average molecular weight is 360 g/mol. The summed E-state index contributed by atoms with van der Waals surface area (Å²) in [6, 6.07) is 5.21. The highest BCUT2D eigenvalue weighted by Gasteiger charge is 2.28. The number of hydrogen-bond acceptors (Lipinski definition) is 3. The van der Waals surface area contributed by atoms with Crippen molar-refractivity contribution in [1.29, 1.82) is 0 Å². The van der Waals surface area contributed by atoms with Crippen molar-refractivity contribution >= 4 is 39.1 Å². The molecule has 1 heterocycles. The van der Waals surface area contributed by atoms with Gasteiger partial charge in [0.25, 0.3) is 5.91 Å². The van der Waals surface area contributed by atoms with Gasteiger partial charge in [-0.25, -0.2) is 0 Å². The van der Waals surface area contributed by atoms with Crippen LogP contribution in [0.3, 0.4) is 0 Å². The van der Waals surface area contributed by atoms with Crippen molar-refractivity contribution in [2.24, 2.45) is 11.1 Å². The van der Waals surface area contributed by atoms with Gasteiger partial charge < -0.3 is 10.1 Å². The fourth-order valence-corrected chi connectivity index (χ4v) is 2.84. The second kappa shape index (κ2) is 6.59. The average Bonchev–Trinajstić information content (AvgIpc) is 2.48. The van der Waals surface area contributed by atoms with E-state index in [1.807, 2.05) is 6.92 Å². The van der Waals surface area contributed by atoms with Gasteiger partial charge in [0.15, 0.2) is 0 Å². The molecule has 1 aromatic carbocycles. The molecule has 6 heteroatoms. The van der Waals surface area contributed by atoms with Crippen molar-refractivity contribution in [2.45, 2.75) is 19.8 Å². The number of halogens is 2. The molecule has 108 valence electrons. The van der Waals surface area contributed by atoms with Gasteiger partial charge in [-0.05, 0) is 40.5 Å². The van der Waals surface area contributed by atoms with Crippen LogP contribution in [0, 0.1) is 5.92 Å². The first-order chi connectivity index (χ1) is 9.56. The minimum atomic E-state index is -0.0326. The number of carbonyl (C=O) groups is 1. The second-order valence-electron chi connectivity index (χ2n) is 4.83. The molecule has 0 aliphatic carbocycles. The van der Waals surface area contributed by atoms with Crippen LogP contribution < -0.4 is 0 Å². The third-order valence-corrected chi connectivity index (χ3v) is 4.86. The zero-order valence-corrected chi connectivity index (χ0v) is 13.5. The zero-order chi connectivity index (χ0) is 14.7. The van der Waals surface area contributed by atoms with Gasteiger partial charge in [0.1, 0.15) is 0 Å². The Morgan fingerprint density at radius 2 is 2.35 bits per heavy atom. The minimum Gasteiger partial charge on any atom is -0.411 e. The van der Waals surface area contributed by atoms with E-state index < -0.39 is 0 Å². The molecule has 0 saturated carbocycles. The van der Waals surface area contributed by atoms with Crippen LogP contribution >= 0.6 is 27.5 Å². The highest BCUT2D eigenvalue weighted by molar-refractivity contribution is 9.10. The topological polar surface area (TPSA) is 52.9 Å². The maximum Gasteiger partial charge on any atom is 0.253 e. The van der Waals surface area contributed by atoms with E-state index in [-0.39, 0.29) is 11.8 Å². The third-order valence-electron chi connectivity index (χ3n) is 3.62. The van der Waals surface area contributed by atoms with Crippen molar-refractivity contribution < 1.29 is 10.0 Å². The third kappa shape index (κ3) is 3.15. The van der Waals surface area contributed by atoms with Crippen LogP contribution in [-0.4, -0.2) is 34.8 Å². The Balaban J connectivity index is 2.15. The highest BCUT2D eigenvalue weighted by Crippen LogP contribution is 2.25. The second-order valence-corrected chi connectivity index (χ2v) is 6.09. The SMILES string of the molecule is CCC1CN(C(=O)c2ccc(Br)c(Cl)c2)CC/C1=N\O. The first-order valence-corrected chi connectivity index (χ1v) is 7.69. The summed E-state index contributed by atoms with van der Waals surface area (Å²) in [4.78, 5) is 14.3. The molecule has 1 unspecified atom stereocenters. The van der Waals surface area contributed by atoms with Crippen LogP contribution in [0.15, 0.2) is 27.8 Å². The van der Waals surface area contributed by atoms with E-state index in [1.54, 1.807) is 23.1 Å². The Hall–Kier alpha value is -1.07. The summed E-state index contributed by atoms with van der Waals surface area (Å²) < 4.78 is 0.774. The first kappa shape index (κ1) is 15.3. The van der Waals surface area contributed by atoms with Crippen LogP contribution in [0.25, 0.3) is 0 Å². The number of nitrogens with zero attached hydrogens (tertiary/aromatic N) is 2. The number of rotatable bonds is 2. The molecule has 1 aliphatic heterocycles. The lowest BCUT2D eigenvalue weighted by Crippen LogP contribution is -2.44. The van der Waals surface area contributed by atoms with Crippen LogP contribution in [0.2, 0.25) is 5.02 Å². The minimum absolute atomic E-state index is 0.0326. The summed E-state index contributed by atoms with van der Waals surface area (Å²) in [6.07, 6.45) is 1.47. The molecule has 4 nitrogen and oxygen atoms in total. The van der Waals surface area contributed by atoms with Crippen molar-refractivity contribution in [3.05, 3.63) is 33.3 Å². The highest BCUT2D eigenvalue weighted by atomic mass is 79.9. The monoisotopic (exact) mass is 358 g/mol. The molecule has 1 aromatic rings. The van der Waals surface area contributed by atoms with Gasteiger partial charge in [0.2, 0.25) is 0 Å². The van der Waals surface area contributed by atoms with E-state index >= 15 is 0 Å². The Kier molecular flexibility index (Phi) is 5.05. The Bertz CT molecular complexity index is 548. The summed E-state index contributed by atoms with van der Waals surface area (Å²) in [5.41, 5.74) is 1.36. The Morgan fingerprint density at radius 1 is 1.60 bits per heavy atom. The molecule has 0 bridgehead atoms. The number of piperidine rings is 1. The number of carbonyl (C=O) groups excluding carboxylic acids is 1. The fraction of sp³-hybridized carbons (Fsp3) is 0.429. The van der Waals surface area contributed by atoms with Gasteiger partial charge in [0.05, 0.1) is 10.7 Å². The molecule has 1 atom stereocenters. The lowest BCUT2D eigenvalue weighted by Gasteiger charge is -2.33. The normalized spacial score (nSPS) is 21.2. The molecule has 1 fully saturated rings. The fourth-order valence-electron chi connectivity index (χ4n) is 2.41. The van der Waals surface area contributed by atoms with Crippen molar-refractivity contribution in [1.82, 2.24) is 4.90 Å². The molecule has 20 heavy (non-hydrogen) atoms. The Labute approximate surface area is 131 Å². The number of likely N-dealkylation sites (tertiary alicyclic amines) is 1. The molecule has 2 rings (SSSR count). The van der Waals surface area contributed by atoms with Crippen molar-refractivity contribution in [3.8, 4) is 0 Å². The van der Waals surface area contributed by atoms with E-state index in [4.69, 9.17) is 16.8 Å². The lowest BCUT2D eigenvalue weighted by molar-refractivity contribution is 0.0729. The van der Waals surface area contributed by atoms with E-state index in [0.29, 0.717) is 30.1 Å². The molecule has 0 radical (unpaired) electrons. The van der Waals surface area contributed by atoms with E-state index in [9.17, 15) is 4.79 Å². The van der Waals surface area contributed by atoms with E-state index in [2.05, 4.69) is 21.1 Å². The smallest absolute Gasteiger partial charge is 0.253 e. The number of amides is 1. The standard InChI is InChI=1S/C14H16BrClN2O2/c1-2-9-8-18(6-5-13(9)17-20)14(19)10-3-4-11(15)12(16)7-10/h3-4,7,9,20H,2,5-6,8H2,1H3/b17-13+. The summed E-state index contributed by atoms with van der Waals surface area (Å²) >= 11 is 9.34. The summed E-state index contributed by atoms with van der Waals surface area (Å²) in [5.74, 6) is 0.0958. The maximum atomic E-state index is 12.5. The first-order valence-electron chi connectivity index (χ1n) is 6.52. The van der Waals surface area contributed by atoms with Crippen LogP contribution in [0.5, 0.6) is 0 Å². The van der Waals surface area contributed by atoms with Gasteiger partial charge in [-0.1, -0.05) is 23.7 Å². The molecular formula is C14H16BrClN2O2. The predicted molar refractivity (Wildman–Crippen MR) is 82.7 cm³/mol. The van der Waals surface area contributed by atoms with Crippen LogP contribution in [0.1, 0.15) is 30.1 Å². The summed E-state index contributed by atoms with van der Waals surface area (Å²) in [5, 5.41) is 12.8. The number of hydrogen-bond donors (Lipinski definition) is 1. The summed E-state index contributed by atoms with van der Waals surface area (Å²) in [7, 11) is 0. The maximum absolute atomic E-state index is 12.5. The molecule has 1 saturated heterocycles. The Morgan fingerprint density at radius 3 is 2.95 bits per heavy atom. The van der Waals surface area contributed by atoms with Gasteiger partial charge >= 0.3 is 0 Å². The quantitative estimate of drug-likeness (QED) is 0.645. The van der Waals surface area contributed by atoms with Gasteiger partial charge in [0, 0.05) is 35.5 Å². The number of oxime groups is 1. The number of benzene rings is 1. The van der Waals surface area contributed by atoms with Gasteiger partial charge in [-0.15, -0.1) is 0 Å². The van der Waals surface area contributed by atoms with Gasteiger partial charge in [-0.3, -0.25) is 4.79 Å². The van der Waals surface area contributed by atoms with Crippen LogP contribution in [-0.2, 0) is 0 Å².